The van der Waals surface area contributed by atoms with Crippen LogP contribution in [0.3, 0.4) is 0 Å². The van der Waals surface area contributed by atoms with Crippen LogP contribution < -0.4 is 10.1 Å². The lowest BCUT2D eigenvalue weighted by molar-refractivity contribution is -0.123. The minimum absolute atomic E-state index is 0.0376. The lowest BCUT2D eigenvalue weighted by atomic mass is 10.0. The van der Waals surface area contributed by atoms with Gasteiger partial charge in [0.2, 0.25) is 0 Å². The molecule has 0 aliphatic carbocycles. The molecule has 0 saturated carbocycles. The van der Waals surface area contributed by atoms with Crippen molar-refractivity contribution in [1.29, 1.82) is 0 Å². The fraction of sp³-hybridized carbons (Fsp3) is 0.381. The topological polar surface area (TPSA) is 38.3 Å². The van der Waals surface area contributed by atoms with E-state index in [1.165, 1.54) is 0 Å². The third-order valence-electron chi connectivity index (χ3n) is 3.92. The van der Waals surface area contributed by atoms with E-state index in [1.54, 1.807) is 0 Å². The Kier molecular flexibility index (Phi) is 6.86. The molecule has 0 fully saturated rings. The zero-order valence-electron chi connectivity index (χ0n) is 14.8. The normalized spacial score (nSPS) is 12.0. The van der Waals surface area contributed by atoms with Crippen LogP contribution in [-0.2, 0) is 4.79 Å². The predicted molar refractivity (Wildman–Crippen MR) is 99.0 cm³/mol. The van der Waals surface area contributed by atoms with E-state index in [9.17, 15) is 4.79 Å². The maximum Gasteiger partial charge on any atom is 0.258 e. The number of carbonyl (C=O) groups is 1. The molecule has 2 aromatic rings. The molecule has 2 aromatic carbocycles. The molecule has 0 heterocycles. The summed E-state index contributed by atoms with van der Waals surface area (Å²) < 4.78 is 5.77. The lowest BCUT2D eigenvalue weighted by Crippen LogP contribution is -2.36. The van der Waals surface area contributed by atoms with E-state index in [1.807, 2.05) is 61.5 Å². The van der Waals surface area contributed by atoms with Gasteiger partial charge in [-0.1, -0.05) is 62.4 Å². The Morgan fingerprint density at radius 2 is 1.62 bits per heavy atom. The summed E-state index contributed by atoms with van der Waals surface area (Å²) in [6, 6.07) is 18.0. The summed E-state index contributed by atoms with van der Waals surface area (Å²) in [6.07, 6.45) is 2.10. The standard InChI is InChI=1S/C21H27NO2/c1-16(2)13-14-17(3)22-21(23)15-24-20-12-8-7-11-19(20)18-9-5-4-6-10-18/h4-12,16-17H,13-15H2,1-3H3,(H,22,23). The molecule has 0 radical (unpaired) electrons. The number of para-hydroxylation sites is 1. The number of rotatable bonds is 8. The summed E-state index contributed by atoms with van der Waals surface area (Å²) >= 11 is 0. The van der Waals surface area contributed by atoms with Gasteiger partial charge in [-0.2, -0.15) is 0 Å². The van der Waals surface area contributed by atoms with E-state index in [0.29, 0.717) is 5.92 Å². The quantitative estimate of drug-likeness (QED) is 0.765. The highest BCUT2D eigenvalue weighted by Gasteiger charge is 2.11. The zero-order chi connectivity index (χ0) is 17.4. The van der Waals surface area contributed by atoms with Gasteiger partial charge in [-0.3, -0.25) is 4.79 Å². The maximum absolute atomic E-state index is 12.1. The molecular weight excluding hydrogens is 298 g/mol. The average Bonchev–Trinajstić information content (AvgIpc) is 2.59. The van der Waals surface area contributed by atoms with Crippen LogP contribution in [0, 0.1) is 5.92 Å². The Morgan fingerprint density at radius 1 is 0.958 bits per heavy atom. The van der Waals surface area contributed by atoms with Gasteiger partial charge in [0.05, 0.1) is 0 Å². The van der Waals surface area contributed by atoms with Crippen molar-refractivity contribution in [2.24, 2.45) is 5.92 Å². The van der Waals surface area contributed by atoms with Crippen molar-refractivity contribution in [2.45, 2.75) is 39.7 Å². The minimum Gasteiger partial charge on any atom is -0.483 e. The summed E-state index contributed by atoms with van der Waals surface area (Å²) in [6.45, 7) is 6.46. The van der Waals surface area contributed by atoms with Crippen molar-refractivity contribution < 1.29 is 9.53 Å². The molecule has 24 heavy (non-hydrogen) atoms. The van der Waals surface area contributed by atoms with Crippen LogP contribution in [0.5, 0.6) is 5.75 Å². The highest BCUT2D eigenvalue weighted by atomic mass is 16.5. The highest BCUT2D eigenvalue weighted by Crippen LogP contribution is 2.29. The third kappa shape index (κ3) is 5.73. The summed E-state index contributed by atoms with van der Waals surface area (Å²) in [4.78, 5) is 12.1. The second kappa shape index (κ2) is 9.11. The van der Waals surface area contributed by atoms with Crippen LogP contribution in [0.25, 0.3) is 11.1 Å². The minimum atomic E-state index is -0.0749. The number of nitrogens with one attached hydrogen (secondary N) is 1. The Balaban J connectivity index is 1.92. The number of ether oxygens (including phenoxy) is 1. The van der Waals surface area contributed by atoms with Gasteiger partial charge in [-0.05, 0) is 37.3 Å². The Morgan fingerprint density at radius 3 is 2.33 bits per heavy atom. The van der Waals surface area contributed by atoms with E-state index in [2.05, 4.69) is 19.2 Å². The van der Waals surface area contributed by atoms with Crippen molar-refractivity contribution in [1.82, 2.24) is 5.32 Å². The van der Waals surface area contributed by atoms with Gasteiger partial charge < -0.3 is 10.1 Å². The van der Waals surface area contributed by atoms with E-state index >= 15 is 0 Å². The lowest BCUT2D eigenvalue weighted by Gasteiger charge is -2.16. The van der Waals surface area contributed by atoms with E-state index in [-0.39, 0.29) is 18.6 Å². The second-order valence-corrected chi connectivity index (χ2v) is 6.59. The molecule has 0 aromatic heterocycles. The third-order valence-corrected chi connectivity index (χ3v) is 3.92. The van der Waals surface area contributed by atoms with Gasteiger partial charge in [0.25, 0.3) is 5.91 Å². The van der Waals surface area contributed by atoms with E-state index < -0.39 is 0 Å². The summed E-state index contributed by atoms with van der Waals surface area (Å²) in [5, 5.41) is 3.00. The largest absolute Gasteiger partial charge is 0.483 e. The van der Waals surface area contributed by atoms with Gasteiger partial charge in [-0.25, -0.2) is 0 Å². The fourth-order valence-electron chi connectivity index (χ4n) is 2.56. The van der Waals surface area contributed by atoms with E-state index in [0.717, 1.165) is 29.7 Å². The molecule has 128 valence electrons. The molecule has 0 aliphatic rings. The first-order valence-electron chi connectivity index (χ1n) is 8.63. The Labute approximate surface area is 145 Å². The Bertz CT molecular complexity index is 637. The zero-order valence-corrected chi connectivity index (χ0v) is 14.8. The van der Waals surface area contributed by atoms with Gasteiger partial charge >= 0.3 is 0 Å². The first-order chi connectivity index (χ1) is 11.6. The molecule has 1 unspecified atom stereocenters. The number of benzene rings is 2. The number of hydrogen-bond donors (Lipinski definition) is 1. The summed E-state index contributed by atoms with van der Waals surface area (Å²) in [5.41, 5.74) is 2.08. The maximum atomic E-state index is 12.1. The SMILES string of the molecule is CC(C)CCC(C)NC(=O)COc1ccccc1-c1ccccc1. The smallest absolute Gasteiger partial charge is 0.258 e. The van der Waals surface area contributed by atoms with Crippen LogP contribution in [0.2, 0.25) is 0 Å². The molecule has 3 heteroatoms. The number of carbonyl (C=O) groups excluding carboxylic acids is 1. The molecule has 1 N–H and O–H groups in total. The molecule has 1 atom stereocenters. The molecule has 0 bridgehead atoms. The highest BCUT2D eigenvalue weighted by molar-refractivity contribution is 5.78. The van der Waals surface area contributed by atoms with Crippen LogP contribution in [0.1, 0.15) is 33.6 Å². The van der Waals surface area contributed by atoms with Crippen molar-refractivity contribution in [2.75, 3.05) is 6.61 Å². The fourth-order valence-corrected chi connectivity index (χ4v) is 2.56. The molecule has 0 aliphatic heterocycles. The molecular formula is C21H27NO2. The molecule has 3 nitrogen and oxygen atoms in total. The van der Waals surface area contributed by atoms with Crippen LogP contribution in [0.15, 0.2) is 54.6 Å². The van der Waals surface area contributed by atoms with Gasteiger partial charge in [0.15, 0.2) is 6.61 Å². The number of amides is 1. The van der Waals surface area contributed by atoms with Crippen molar-refractivity contribution in [3.05, 3.63) is 54.6 Å². The van der Waals surface area contributed by atoms with Gasteiger partial charge in [-0.15, -0.1) is 0 Å². The second-order valence-electron chi connectivity index (χ2n) is 6.59. The van der Waals surface area contributed by atoms with Crippen molar-refractivity contribution in [3.8, 4) is 16.9 Å². The van der Waals surface area contributed by atoms with Crippen LogP contribution >= 0.6 is 0 Å². The van der Waals surface area contributed by atoms with Gasteiger partial charge in [0.1, 0.15) is 5.75 Å². The van der Waals surface area contributed by atoms with Crippen molar-refractivity contribution >= 4 is 5.91 Å². The molecule has 1 amide bonds. The molecule has 0 spiro atoms. The molecule has 2 rings (SSSR count). The van der Waals surface area contributed by atoms with E-state index in [4.69, 9.17) is 4.74 Å². The summed E-state index contributed by atoms with van der Waals surface area (Å²) in [5.74, 6) is 1.31. The first-order valence-corrected chi connectivity index (χ1v) is 8.63. The van der Waals surface area contributed by atoms with Crippen LogP contribution in [-0.4, -0.2) is 18.6 Å². The van der Waals surface area contributed by atoms with Crippen LogP contribution in [0.4, 0.5) is 0 Å². The van der Waals surface area contributed by atoms with Gasteiger partial charge in [0, 0.05) is 11.6 Å². The molecule has 0 saturated heterocycles. The monoisotopic (exact) mass is 325 g/mol. The first kappa shape index (κ1) is 18.1. The number of hydrogen-bond acceptors (Lipinski definition) is 2. The predicted octanol–water partition coefficient (Wildman–Crippen LogP) is 4.67. The summed E-state index contributed by atoms with van der Waals surface area (Å²) in [7, 11) is 0. The average molecular weight is 325 g/mol. The Hall–Kier alpha value is -2.29. The van der Waals surface area contributed by atoms with Crippen molar-refractivity contribution in [3.63, 3.8) is 0 Å².